The van der Waals surface area contributed by atoms with Crippen molar-refractivity contribution >= 4 is 28.2 Å². The quantitative estimate of drug-likeness (QED) is 0.796. The van der Waals surface area contributed by atoms with E-state index in [9.17, 15) is 9.00 Å². The monoisotopic (exact) mass is 345 g/mol. The molecule has 7 heteroatoms. The van der Waals surface area contributed by atoms with Gasteiger partial charge in [-0.2, -0.15) is 0 Å². The first kappa shape index (κ1) is 19.1. The molecule has 1 heterocycles. The number of carbonyl (C=O) groups is 1. The Morgan fingerprint density at radius 1 is 1.36 bits per heavy atom. The molecule has 2 N–H and O–H groups in total. The molecule has 2 atom stereocenters. The van der Waals surface area contributed by atoms with E-state index < -0.39 is 10.8 Å². The van der Waals surface area contributed by atoms with E-state index in [1.807, 2.05) is 46.3 Å². The second kappa shape index (κ2) is 8.64. The highest BCUT2D eigenvalue weighted by atomic mass is 32.2. The lowest BCUT2D eigenvalue weighted by Gasteiger charge is -2.23. The van der Waals surface area contributed by atoms with E-state index in [0.29, 0.717) is 18.8 Å². The fourth-order valence-corrected chi connectivity index (χ4v) is 3.66. The number of thiophene rings is 1. The highest BCUT2D eigenvalue weighted by Crippen LogP contribution is 2.22. The van der Waals surface area contributed by atoms with Gasteiger partial charge in [-0.15, -0.1) is 11.3 Å². The fourth-order valence-electron chi connectivity index (χ4n) is 1.83. The van der Waals surface area contributed by atoms with Gasteiger partial charge in [0.15, 0.2) is 0 Å². The smallest absolute Gasteiger partial charge is 0.314 e. The van der Waals surface area contributed by atoms with Crippen LogP contribution in [0.1, 0.15) is 31.7 Å². The van der Waals surface area contributed by atoms with Gasteiger partial charge in [0.1, 0.15) is 0 Å². The van der Waals surface area contributed by atoms with E-state index >= 15 is 0 Å². The van der Waals surface area contributed by atoms with Crippen LogP contribution in [-0.4, -0.2) is 52.8 Å². The number of nitrogens with one attached hydrogen (secondary N) is 2. The molecule has 1 rings (SSSR count). The molecule has 1 aromatic rings. The van der Waals surface area contributed by atoms with Crippen molar-refractivity contribution in [2.45, 2.75) is 31.6 Å². The van der Waals surface area contributed by atoms with Crippen LogP contribution >= 0.6 is 11.3 Å². The van der Waals surface area contributed by atoms with E-state index in [2.05, 4.69) is 21.6 Å². The van der Waals surface area contributed by atoms with Gasteiger partial charge in [-0.1, -0.05) is 6.07 Å². The maximum Gasteiger partial charge on any atom is 0.314 e. The average molecular weight is 346 g/mol. The van der Waals surface area contributed by atoms with E-state index in [1.165, 1.54) is 4.88 Å². The number of hydrogen-bond acceptors (Lipinski definition) is 4. The normalized spacial score (nSPS) is 14.6. The summed E-state index contributed by atoms with van der Waals surface area (Å²) >= 11 is 1.68. The van der Waals surface area contributed by atoms with Crippen molar-refractivity contribution in [2.75, 3.05) is 32.9 Å². The van der Waals surface area contributed by atoms with Crippen molar-refractivity contribution in [2.24, 2.45) is 0 Å². The molecule has 22 heavy (non-hydrogen) atoms. The zero-order valence-electron chi connectivity index (χ0n) is 14.0. The molecule has 0 aliphatic carbocycles. The van der Waals surface area contributed by atoms with Crippen molar-refractivity contribution in [1.29, 1.82) is 0 Å². The number of hydrogen-bond donors (Lipinski definition) is 2. The van der Waals surface area contributed by atoms with Crippen LogP contribution < -0.4 is 10.6 Å². The van der Waals surface area contributed by atoms with Crippen LogP contribution in [0, 0.1) is 0 Å². The number of rotatable bonds is 7. The van der Waals surface area contributed by atoms with Gasteiger partial charge in [0.25, 0.3) is 0 Å². The molecule has 126 valence electrons. The maximum atomic E-state index is 11.9. The van der Waals surface area contributed by atoms with Gasteiger partial charge in [0, 0.05) is 39.3 Å². The molecule has 0 aliphatic heterocycles. The van der Waals surface area contributed by atoms with Gasteiger partial charge >= 0.3 is 6.03 Å². The third-order valence-electron chi connectivity index (χ3n) is 3.21. The van der Waals surface area contributed by atoms with Crippen LogP contribution in [-0.2, 0) is 10.8 Å². The van der Waals surface area contributed by atoms with Crippen molar-refractivity contribution in [3.05, 3.63) is 22.4 Å². The van der Waals surface area contributed by atoms with Gasteiger partial charge in [-0.3, -0.25) is 4.21 Å². The van der Waals surface area contributed by atoms with E-state index in [-0.39, 0.29) is 16.8 Å². The number of nitrogens with zero attached hydrogens (tertiary/aromatic N) is 1. The highest BCUT2D eigenvalue weighted by molar-refractivity contribution is 7.86. The van der Waals surface area contributed by atoms with Gasteiger partial charge in [-0.25, -0.2) is 4.79 Å². The Kier molecular flexibility index (Phi) is 7.52. The summed E-state index contributed by atoms with van der Waals surface area (Å²) in [4.78, 5) is 15.1. The molecule has 0 spiro atoms. The largest absolute Gasteiger partial charge is 0.337 e. The summed E-state index contributed by atoms with van der Waals surface area (Å²) in [5.74, 6) is 0.471. The van der Waals surface area contributed by atoms with Crippen LogP contribution in [0.2, 0.25) is 0 Å². The Hall–Kier alpha value is -0.920. The Morgan fingerprint density at radius 3 is 2.55 bits per heavy atom. The Morgan fingerprint density at radius 2 is 2.05 bits per heavy atom. The second-order valence-corrected chi connectivity index (χ2v) is 9.60. The summed E-state index contributed by atoms with van der Waals surface area (Å²) in [6, 6.07) is 4.03. The van der Waals surface area contributed by atoms with Gasteiger partial charge in [0.2, 0.25) is 0 Å². The summed E-state index contributed by atoms with van der Waals surface area (Å²) in [5, 5.41) is 7.68. The predicted octanol–water partition coefficient (Wildman–Crippen LogP) is 2.20. The first-order valence-corrected chi connectivity index (χ1v) is 9.51. The molecule has 1 aromatic heterocycles. The SMILES string of the molecule is CN(C)[C@@H](CNC(=O)NCC[S@](=O)C(C)(C)C)c1cccs1. The van der Waals surface area contributed by atoms with Crippen molar-refractivity contribution in [3.8, 4) is 0 Å². The molecule has 0 radical (unpaired) electrons. The Bertz CT molecular complexity index is 481. The van der Waals surface area contributed by atoms with Gasteiger partial charge < -0.3 is 15.5 Å². The minimum absolute atomic E-state index is 0.162. The number of urea groups is 1. The number of amides is 2. The predicted molar refractivity (Wildman–Crippen MR) is 94.9 cm³/mol. The summed E-state index contributed by atoms with van der Waals surface area (Å²) in [6.45, 7) is 6.77. The first-order valence-electron chi connectivity index (χ1n) is 7.32. The van der Waals surface area contributed by atoms with E-state index in [0.717, 1.165) is 0 Å². The lowest BCUT2D eigenvalue weighted by Crippen LogP contribution is -2.42. The van der Waals surface area contributed by atoms with Crippen LogP contribution in [0.25, 0.3) is 0 Å². The van der Waals surface area contributed by atoms with Crippen LogP contribution in [0.4, 0.5) is 4.79 Å². The molecular weight excluding hydrogens is 318 g/mol. The molecule has 0 saturated carbocycles. The topological polar surface area (TPSA) is 61.4 Å². The van der Waals surface area contributed by atoms with Crippen molar-refractivity contribution < 1.29 is 9.00 Å². The minimum Gasteiger partial charge on any atom is -0.337 e. The zero-order valence-corrected chi connectivity index (χ0v) is 15.6. The van der Waals surface area contributed by atoms with Crippen LogP contribution in [0.3, 0.4) is 0 Å². The summed E-state index contributed by atoms with van der Waals surface area (Å²) < 4.78 is 11.6. The lowest BCUT2D eigenvalue weighted by atomic mass is 10.2. The average Bonchev–Trinajstić information content (AvgIpc) is 2.91. The maximum absolute atomic E-state index is 11.9. The molecule has 2 amide bonds. The van der Waals surface area contributed by atoms with Crippen molar-refractivity contribution in [1.82, 2.24) is 15.5 Å². The standard InChI is InChI=1S/C15H27N3O2S2/c1-15(2,3)22(20)10-8-16-14(19)17-11-12(18(4)5)13-7-6-9-21-13/h6-7,9,12H,8,10-11H2,1-5H3,(H2,16,17,19)/t12-,22-/m0/s1. The van der Waals surface area contributed by atoms with Gasteiger partial charge in [-0.05, 0) is 46.3 Å². The highest BCUT2D eigenvalue weighted by Gasteiger charge is 2.19. The number of carbonyl (C=O) groups excluding carboxylic acids is 1. The fraction of sp³-hybridized carbons (Fsp3) is 0.667. The van der Waals surface area contributed by atoms with Crippen molar-refractivity contribution in [3.63, 3.8) is 0 Å². The molecule has 0 aromatic carbocycles. The number of likely N-dealkylation sites (N-methyl/N-ethyl adjacent to an activating group) is 1. The summed E-state index contributed by atoms with van der Waals surface area (Å²) in [7, 11) is 3.05. The van der Waals surface area contributed by atoms with Crippen LogP contribution in [0.5, 0.6) is 0 Å². The van der Waals surface area contributed by atoms with E-state index in [4.69, 9.17) is 0 Å². The lowest BCUT2D eigenvalue weighted by molar-refractivity contribution is 0.234. The Labute approximate surface area is 139 Å². The molecule has 5 nitrogen and oxygen atoms in total. The molecule has 0 aliphatic rings. The molecule has 0 bridgehead atoms. The van der Waals surface area contributed by atoms with Gasteiger partial charge in [0.05, 0.1) is 6.04 Å². The minimum atomic E-state index is -0.947. The molecule has 0 fully saturated rings. The summed E-state index contributed by atoms with van der Waals surface area (Å²) in [6.07, 6.45) is 0. The van der Waals surface area contributed by atoms with E-state index in [1.54, 1.807) is 11.3 Å². The Balaban J connectivity index is 2.34. The molecule has 0 saturated heterocycles. The third kappa shape index (κ3) is 6.46. The first-order chi connectivity index (χ1) is 10.2. The third-order valence-corrected chi connectivity index (χ3v) is 6.12. The summed E-state index contributed by atoms with van der Waals surface area (Å²) in [5.41, 5.74) is 0. The molecular formula is C15H27N3O2S2. The second-order valence-electron chi connectivity index (χ2n) is 6.29. The van der Waals surface area contributed by atoms with Crippen LogP contribution in [0.15, 0.2) is 17.5 Å². The molecule has 0 unspecified atom stereocenters. The zero-order chi connectivity index (χ0) is 16.8.